The van der Waals surface area contributed by atoms with Crippen LogP contribution in [-0.2, 0) is 0 Å². The summed E-state index contributed by atoms with van der Waals surface area (Å²) in [5, 5.41) is 18.2. The zero-order chi connectivity index (χ0) is 17.1. The van der Waals surface area contributed by atoms with Crippen LogP contribution in [0.4, 0.5) is 0 Å². The summed E-state index contributed by atoms with van der Waals surface area (Å²) in [5.74, 6) is 1.01. The van der Waals surface area contributed by atoms with Gasteiger partial charge in [0.15, 0.2) is 0 Å². The molecule has 0 bridgehead atoms. The van der Waals surface area contributed by atoms with E-state index in [2.05, 4.69) is 21.3 Å². The Morgan fingerprint density at radius 2 is 1.92 bits per heavy atom. The standard InChI is InChI=1S/C18H16N4OS/c1-11-9-12(2)20-18(15(11)10-19)24-13(3)16-21-22-17(23-16)14-7-5-4-6-8-14/h4-9,13H,1-3H3/t13-/m1/s1. The molecule has 1 aromatic carbocycles. The van der Waals surface area contributed by atoms with Crippen LogP contribution in [0.2, 0.25) is 0 Å². The van der Waals surface area contributed by atoms with Gasteiger partial charge in [-0.05, 0) is 44.5 Å². The SMILES string of the molecule is Cc1cc(C)c(C#N)c(S[C@H](C)c2nnc(-c3ccccc3)o2)n1. The smallest absolute Gasteiger partial charge is 0.247 e. The third-order valence-corrected chi connectivity index (χ3v) is 4.59. The van der Waals surface area contributed by atoms with E-state index in [0.717, 1.165) is 16.8 Å². The number of nitrogens with zero attached hydrogens (tertiary/aromatic N) is 4. The van der Waals surface area contributed by atoms with Gasteiger partial charge in [-0.3, -0.25) is 0 Å². The molecule has 6 heteroatoms. The Bertz CT molecular complexity index is 899. The number of rotatable bonds is 4. The highest BCUT2D eigenvalue weighted by molar-refractivity contribution is 7.99. The Morgan fingerprint density at radius 1 is 1.17 bits per heavy atom. The van der Waals surface area contributed by atoms with Crippen molar-refractivity contribution in [3.05, 3.63) is 59.1 Å². The second-order valence-electron chi connectivity index (χ2n) is 5.44. The summed E-state index contributed by atoms with van der Waals surface area (Å²) in [6.07, 6.45) is 0. The number of thioether (sulfide) groups is 1. The van der Waals surface area contributed by atoms with E-state index in [0.29, 0.717) is 22.4 Å². The summed E-state index contributed by atoms with van der Waals surface area (Å²) in [7, 11) is 0. The number of nitriles is 1. The van der Waals surface area contributed by atoms with Crippen LogP contribution in [0.5, 0.6) is 0 Å². The first kappa shape index (κ1) is 16.2. The molecule has 0 N–H and O–H groups in total. The molecule has 2 aromatic heterocycles. The van der Waals surface area contributed by atoms with Crippen LogP contribution in [0, 0.1) is 25.2 Å². The predicted octanol–water partition coefficient (Wildman–Crippen LogP) is 4.47. The largest absolute Gasteiger partial charge is 0.419 e. The predicted molar refractivity (Wildman–Crippen MR) is 92.4 cm³/mol. The van der Waals surface area contributed by atoms with E-state index in [-0.39, 0.29) is 5.25 Å². The molecule has 0 saturated heterocycles. The molecule has 0 aliphatic rings. The minimum atomic E-state index is -0.101. The van der Waals surface area contributed by atoms with Crippen molar-refractivity contribution >= 4 is 11.8 Å². The van der Waals surface area contributed by atoms with E-state index >= 15 is 0 Å². The lowest BCUT2D eigenvalue weighted by Crippen LogP contribution is -1.97. The van der Waals surface area contributed by atoms with E-state index in [1.54, 1.807) is 0 Å². The van der Waals surface area contributed by atoms with Crippen molar-refractivity contribution in [1.29, 1.82) is 5.26 Å². The average molecular weight is 336 g/mol. The molecular formula is C18H16N4OS. The molecule has 3 aromatic rings. The second-order valence-corrected chi connectivity index (χ2v) is 6.77. The number of aromatic nitrogens is 3. The van der Waals surface area contributed by atoms with Crippen LogP contribution in [0.1, 0.15) is 34.9 Å². The normalized spacial score (nSPS) is 11.9. The molecule has 5 nitrogen and oxygen atoms in total. The Labute approximate surface area is 144 Å². The quantitative estimate of drug-likeness (QED) is 0.654. The van der Waals surface area contributed by atoms with E-state index in [1.165, 1.54) is 11.8 Å². The fraction of sp³-hybridized carbons (Fsp3) is 0.222. The molecule has 120 valence electrons. The number of pyridine rings is 1. The number of benzene rings is 1. The third-order valence-electron chi connectivity index (χ3n) is 3.52. The summed E-state index contributed by atoms with van der Waals surface area (Å²) in [6, 6.07) is 13.8. The molecule has 3 rings (SSSR count). The molecule has 0 amide bonds. The first-order valence-electron chi connectivity index (χ1n) is 7.52. The maximum atomic E-state index is 9.37. The molecule has 24 heavy (non-hydrogen) atoms. The van der Waals surface area contributed by atoms with E-state index in [1.807, 2.05) is 57.2 Å². The first-order chi connectivity index (χ1) is 11.6. The van der Waals surface area contributed by atoms with Gasteiger partial charge in [-0.25, -0.2) is 4.98 Å². The third kappa shape index (κ3) is 3.31. The van der Waals surface area contributed by atoms with Crippen LogP contribution < -0.4 is 0 Å². The molecule has 0 aliphatic heterocycles. The van der Waals surface area contributed by atoms with Gasteiger partial charge in [-0.1, -0.05) is 30.0 Å². The summed E-state index contributed by atoms with van der Waals surface area (Å²) >= 11 is 1.45. The lowest BCUT2D eigenvalue weighted by molar-refractivity contribution is 0.509. The Balaban J connectivity index is 1.85. The fourth-order valence-corrected chi connectivity index (χ4v) is 3.39. The Kier molecular flexibility index (Phi) is 4.63. The monoisotopic (exact) mass is 336 g/mol. The van der Waals surface area contributed by atoms with Crippen molar-refractivity contribution in [3.63, 3.8) is 0 Å². The summed E-state index contributed by atoms with van der Waals surface area (Å²) in [4.78, 5) is 4.49. The maximum Gasteiger partial charge on any atom is 0.247 e. The van der Waals surface area contributed by atoms with E-state index in [9.17, 15) is 5.26 Å². The van der Waals surface area contributed by atoms with Crippen LogP contribution >= 0.6 is 11.8 Å². The zero-order valence-corrected chi connectivity index (χ0v) is 14.5. The van der Waals surface area contributed by atoms with Gasteiger partial charge in [0.1, 0.15) is 11.1 Å². The van der Waals surface area contributed by atoms with Gasteiger partial charge in [-0.15, -0.1) is 10.2 Å². The molecule has 0 spiro atoms. The van der Waals surface area contributed by atoms with Crippen LogP contribution in [-0.4, -0.2) is 15.2 Å². The highest BCUT2D eigenvalue weighted by Gasteiger charge is 2.19. The zero-order valence-electron chi connectivity index (χ0n) is 13.6. The van der Waals surface area contributed by atoms with E-state index in [4.69, 9.17) is 4.42 Å². The molecule has 0 aliphatic carbocycles. The Hall–Kier alpha value is -2.65. The highest BCUT2D eigenvalue weighted by atomic mass is 32.2. The van der Waals surface area contributed by atoms with Crippen LogP contribution in [0.3, 0.4) is 0 Å². The van der Waals surface area contributed by atoms with Crippen molar-refractivity contribution in [2.75, 3.05) is 0 Å². The van der Waals surface area contributed by atoms with Gasteiger partial charge in [0.2, 0.25) is 11.8 Å². The molecule has 0 unspecified atom stereocenters. The molecular weight excluding hydrogens is 320 g/mol. The highest BCUT2D eigenvalue weighted by Crippen LogP contribution is 2.36. The summed E-state index contributed by atoms with van der Waals surface area (Å²) in [5.41, 5.74) is 3.29. The van der Waals surface area contributed by atoms with Crippen molar-refractivity contribution in [2.24, 2.45) is 0 Å². The van der Waals surface area contributed by atoms with Gasteiger partial charge < -0.3 is 4.42 Å². The van der Waals surface area contributed by atoms with E-state index < -0.39 is 0 Å². The van der Waals surface area contributed by atoms with Crippen molar-refractivity contribution in [2.45, 2.75) is 31.0 Å². The summed E-state index contributed by atoms with van der Waals surface area (Å²) < 4.78 is 5.78. The van der Waals surface area contributed by atoms with Crippen molar-refractivity contribution in [1.82, 2.24) is 15.2 Å². The lowest BCUT2D eigenvalue weighted by atomic mass is 10.1. The van der Waals surface area contributed by atoms with Crippen molar-refractivity contribution < 1.29 is 4.42 Å². The molecule has 0 saturated carbocycles. The van der Waals surface area contributed by atoms with Gasteiger partial charge in [0.05, 0.1) is 10.8 Å². The summed E-state index contributed by atoms with van der Waals surface area (Å²) in [6.45, 7) is 5.80. The number of hydrogen-bond acceptors (Lipinski definition) is 6. The van der Waals surface area contributed by atoms with Gasteiger partial charge in [0.25, 0.3) is 0 Å². The minimum absolute atomic E-state index is 0.101. The van der Waals surface area contributed by atoms with Gasteiger partial charge in [-0.2, -0.15) is 5.26 Å². The molecule has 0 radical (unpaired) electrons. The van der Waals surface area contributed by atoms with Gasteiger partial charge >= 0.3 is 0 Å². The second kappa shape index (κ2) is 6.85. The first-order valence-corrected chi connectivity index (χ1v) is 8.40. The van der Waals surface area contributed by atoms with Gasteiger partial charge in [0, 0.05) is 11.3 Å². The topological polar surface area (TPSA) is 75.6 Å². The lowest BCUT2D eigenvalue weighted by Gasteiger charge is -2.10. The maximum absolute atomic E-state index is 9.37. The number of hydrogen-bond donors (Lipinski definition) is 0. The van der Waals surface area contributed by atoms with Crippen molar-refractivity contribution in [3.8, 4) is 17.5 Å². The number of aryl methyl sites for hydroxylation is 2. The minimum Gasteiger partial charge on any atom is -0.419 e. The van der Waals surface area contributed by atoms with Crippen LogP contribution in [0.25, 0.3) is 11.5 Å². The average Bonchev–Trinajstić information content (AvgIpc) is 3.05. The molecule has 2 heterocycles. The molecule has 0 fully saturated rings. The van der Waals surface area contributed by atoms with Crippen LogP contribution in [0.15, 0.2) is 45.8 Å². The Morgan fingerprint density at radius 3 is 2.62 bits per heavy atom. The fourth-order valence-electron chi connectivity index (χ4n) is 2.34. The molecule has 1 atom stereocenters.